The van der Waals surface area contributed by atoms with Crippen LogP contribution in [0.5, 0.6) is 0 Å². The van der Waals surface area contributed by atoms with Gasteiger partial charge in [-0.05, 0) is 13.8 Å². The summed E-state index contributed by atoms with van der Waals surface area (Å²) in [7, 11) is -10.6. The number of nitrogen functional groups attached to an aromatic ring is 1. The third kappa shape index (κ3) is 9.94. The number of hydrogen-bond acceptors (Lipinski definition) is 13. The number of aromatic nitrogens is 1. The van der Waals surface area contributed by atoms with Crippen molar-refractivity contribution >= 4 is 155 Å². The summed E-state index contributed by atoms with van der Waals surface area (Å²) in [4.78, 5) is 56.9. The molecule has 18 nitrogen and oxygen atoms in total. The Bertz CT molecular complexity index is 1300. The number of carboxylic acid groups (broad SMARTS) is 1. The normalized spacial score (nSPS) is 17.7. The molecule has 0 spiro atoms. The fraction of sp³-hybridized carbons (Fsp3) is 0.385. The van der Waals surface area contributed by atoms with Gasteiger partial charge < -0.3 is 21.0 Å². The molecule has 0 aliphatic carbocycles. The molecule has 1 aliphatic heterocycles. The Morgan fingerprint density at radius 3 is 2.14 bits per heavy atom. The number of nitrogens with two attached hydrogens (primary N) is 1. The Balaban J connectivity index is 0. The zero-order valence-electron chi connectivity index (χ0n) is 16.9. The van der Waals surface area contributed by atoms with Crippen LogP contribution in [0, 0.1) is 0 Å². The summed E-state index contributed by atoms with van der Waals surface area (Å²) < 4.78 is 63.0. The van der Waals surface area contributed by atoms with Gasteiger partial charge in [0.2, 0.25) is 5.60 Å². The quantitative estimate of drug-likeness (QED) is 0.0497. The monoisotopic (exact) mass is 616 g/mol. The van der Waals surface area contributed by atoms with Gasteiger partial charge in [0, 0.05) is 5.38 Å². The summed E-state index contributed by atoms with van der Waals surface area (Å²) in [6.07, 6.45) is 0. The van der Waals surface area contributed by atoms with E-state index in [1.165, 1.54) is 5.38 Å². The summed E-state index contributed by atoms with van der Waals surface area (Å²) in [5, 5.41) is 15.5. The first-order chi connectivity index (χ1) is 15.3. The first kappa shape index (κ1) is 38.7. The number of thiazole rings is 1. The Labute approximate surface area is 279 Å². The number of carboxylic acids is 1. The maximum atomic E-state index is 12.8. The molecular weight excluding hydrogens is 597 g/mol. The van der Waals surface area contributed by atoms with Gasteiger partial charge in [-0.2, -0.15) is 21.1 Å². The molecule has 3 amide bonds. The molecule has 37 heavy (non-hydrogen) atoms. The molecule has 2 rings (SSSR count). The third-order valence-electron chi connectivity index (χ3n) is 3.94. The molecule has 1 aromatic heterocycles. The number of amides is 3. The molecule has 2 heterocycles. The Hall–Kier alpha value is -0.400. The Morgan fingerprint density at radius 1 is 1.19 bits per heavy atom. The third-order valence-corrected chi connectivity index (χ3v) is 5.98. The minimum absolute atomic E-state index is 0. The molecule has 1 aliphatic rings. The molecule has 0 bridgehead atoms. The molecular formula is C13H19N6Na3O12S3. The maximum absolute atomic E-state index is 12.8. The number of β-lactam (4-membered cyclic amide) rings is 1. The van der Waals surface area contributed by atoms with Crippen molar-refractivity contribution in [1.29, 1.82) is 0 Å². The van der Waals surface area contributed by atoms with Gasteiger partial charge in [-0.15, -0.1) is 11.3 Å². The van der Waals surface area contributed by atoms with Gasteiger partial charge in [-0.25, -0.2) is 14.5 Å². The van der Waals surface area contributed by atoms with Crippen molar-refractivity contribution in [2.24, 2.45) is 5.16 Å². The molecule has 7 N–H and O–H groups in total. The van der Waals surface area contributed by atoms with Crippen LogP contribution in [0.4, 0.5) is 5.13 Å². The van der Waals surface area contributed by atoms with Crippen LogP contribution >= 0.6 is 11.3 Å². The molecule has 0 unspecified atom stereocenters. The Morgan fingerprint density at radius 2 is 1.73 bits per heavy atom. The zero-order chi connectivity index (χ0) is 26.2. The predicted molar refractivity (Wildman–Crippen MR) is 131 cm³/mol. The van der Waals surface area contributed by atoms with Crippen LogP contribution in [0.15, 0.2) is 10.5 Å². The van der Waals surface area contributed by atoms with E-state index in [9.17, 15) is 36.0 Å². The molecule has 1 aromatic rings. The zero-order valence-corrected chi connectivity index (χ0v) is 19.3. The number of nitrogens with one attached hydrogen (secondary N) is 2. The number of hydrogen-bond donors (Lipinski definition) is 6. The second-order valence-electron chi connectivity index (χ2n) is 6.87. The second kappa shape index (κ2) is 14.3. The van der Waals surface area contributed by atoms with Crippen molar-refractivity contribution in [3.8, 4) is 0 Å². The summed E-state index contributed by atoms with van der Waals surface area (Å²) in [5.41, 5.74) is 2.53. The summed E-state index contributed by atoms with van der Waals surface area (Å²) in [6, 6.07) is -4.42. The van der Waals surface area contributed by atoms with Crippen LogP contribution in [-0.4, -0.2) is 176 Å². The number of carbonyl (C=O) groups is 4. The van der Waals surface area contributed by atoms with Crippen LogP contribution in [0.3, 0.4) is 0 Å². The van der Waals surface area contributed by atoms with E-state index in [1.54, 1.807) is 0 Å². The van der Waals surface area contributed by atoms with Gasteiger partial charge in [0.1, 0.15) is 11.7 Å². The van der Waals surface area contributed by atoms with E-state index in [-0.39, 0.29) is 99.5 Å². The molecule has 0 saturated carbocycles. The van der Waals surface area contributed by atoms with Crippen molar-refractivity contribution < 1.29 is 55.1 Å². The molecule has 2 atom stereocenters. The number of anilines is 1. The number of carbonyl (C=O) groups excluding carboxylic acids is 3. The van der Waals surface area contributed by atoms with E-state index >= 15 is 0 Å². The van der Waals surface area contributed by atoms with Gasteiger partial charge in [0.05, 0.1) is 0 Å². The number of oxime groups is 1. The van der Waals surface area contributed by atoms with Gasteiger partial charge in [-0.1, -0.05) is 5.16 Å². The molecule has 1 saturated heterocycles. The van der Waals surface area contributed by atoms with Crippen molar-refractivity contribution in [2.45, 2.75) is 31.5 Å². The first-order valence-electron chi connectivity index (χ1n) is 8.46. The summed E-state index contributed by atoms with van der Waals surface area (Å²) in [6.45, 7) is 2.16. The average molecular weight is 616 g/mol. The van der Waals surface area contributed by atoms with Crippen LogP contribution < -0.4 is 15.8 Å². The minimum atomic E-state index is -5.39. The predicted octanol–water partition coefficient (Wildman–Crippen LogP) is -5.22. The summed E-state index contributed by atoms with van der Waals surface area (Å²) >= 11 is 0.832. The van der Waals surface area contributed by atoms with Gasteiger partial charge in [-0.3, -0.25) is 23.5 Å². The second-order valence-corrected chi connectivity index (χ2v) is 10.2. The van der Waals surface area contributed by atoms with Crippen LogP contribution in [0.2, 0.25) is 0 Å². The van der Waals surface area contributed by atoms with Gasteiger partial charge in [0.25, 0.3) is 17.7 Å². The van der Waals surface area contributed by atoms with Crippen molar-refractivity contribution in [2.75, 3.05) is 5.73 Å². The topological polar surface area (TPSA) is 285 Å². The van der Waals surface area contributed by atoms with Gasteiger partial charge >= 0.3 is 115 Å². The molecule has 1 fully saturated rings. The number of rotatable bonds is 9. The first-order valence-corrected chi connectivity index (χ1v) is 12.2. The van der Waals surface area contributed by atoms with Crippen molar-refractivity contribution in [3.63, 3.8) is 0 Å². The van der Waals surface area contributed by atoms with Crippen molar-refractivity contribution in [1.82, 2.24) is 19.3 Å². The van der Waals surface area contributed by atoms with E-state index in [4.69, 9.17) is 24.8 Å². The van der Waals surface area contributed by atoms with E-state index in [1.807, 2.05) is 5.32 Å². The average Bonchev–Trinajstić information content (AvgIpc) is 3.07. The van der Waals surface area contributed by atoms with E-state index in [2.05, 4.69) is 10.1 Å². The Kier molecular flexibility index (Phi) is 15.0. The van der Waals surface area contributed by atoms with E-state index < -0.39 is 72.0 Å². The van der Waals surface area contributed by atoms with Crippen LogP contribution in [0.25, 0.3) is 0 Å². The van der Waals surface area contributed by atoms with Crippen LogP contribution in [0.1, 0.15) is 19.5 Å². The molecule has 24 heteroatoms. The molecule has 0 aromatic carbocycles. The molecule has 0 radical (unpaired) electrons. The van der Waals surface area contributed by atoms with Crippen LogP contribution in [-0.2, 0) is 44.6 Å². The fourth-order valence-electron chi connectivity index (χ4n) is 2.32. The van der Waals surface area contributed by atoms with Gasteiger partial charge in [0.15, 0.2) is 16.9 Å². The fourth-order valence-corrected chi connectivity index (χ4v) is 4.08. The SMILES string of the molecule is CC(C)(O/N=C(/C(=O)N[C@H]1C(=O)N(S(=O)(=O)O)[C@H]1C(=O)NS(=O)(=O)O)c1csc(N)n1)C(=O)O.[NaH].[NaH].[NaH]. The number of nitrogens with zero attached hydrogens (tertiary/aromatic N) is 3. The molecule has 194 valence electrons. The van der Waals surface area contributed by atoms with E-state index in [0.717, 1.165) is 29.9 Å². The standard InChI is InChI=1S/C13H16N6O12S3.3Na.3H/c1-13(2,11(23)24)31-17-5(4-3-32-12(14)15-4)8(20)16-6-7(9(21)18-33(25,26)27)19(10(6)22)34(28,29)30;;;;;;/h3,6-7H,1-2H3,(H2,14,15)(H,16,20)(H,18,21)(H,23,24)(H,25,26,27)(H,28,29,30);;;;;;/b17-5+;;;;;;/t6-,7-;;;;;;/m1....../s1. The van der Waals surface area contributed by atoms with Crippen molar-refractivity contribution in [3.05, 3.63) is 11.1 Å². The number of aliphatic carboxylic acids is 1. The van der Waals surface area contributed by atoms with E-state index in [0.29, 0.717) is 0 Å². The summed E-state index contributed by atoms with van der Waals surface area (Å²) in [5.74, 6) is -6.20.